The van der Waals surface area contributed by atoms with Gasteiger partial charge in [0.2, 0.25) is 0 Å². The molecule has 22 heavy (non-hydrogen) atoms. The second kappa shape index (κ2) is 7.14. The van der Waals surface area contributed by atoms with Gasteiger partial charge in [0.15, 0.2) is 0 Å². The Morgan fingerprint density at radius 3 is 2.32 bits per heavy atom. The maximum atomic E-state index is 6.03. The Labute approximate surface area is 145 Å². The van der Waals surface area contributed by atoms with E-state index in [1.165, 1.54) is 0 Å². The van der Waals surface area contributed by atoms with Crippen LogP contribution in [0.15, 0.2) is 48.8 Å². The van der Waals surface area contributed by atoms with Gasteiger partial charge in [-0.3, -0.25) is 0 Å². The first-order valence-electron chi connectivity index (χ1n) is 6.62. The highest BCUT2D eigenvalue weighted by molar-refractivity contribution is 6.31. The van der Waals surface area contributed by atoms with Crippen molar-refractivity contribution < 1.29 is 0 Å². The lowest BCUT2D eigenvalue weighted by molar-refractivity contribution is 0.990. The summed E-state index contributed by atoms with van der Waals surface area (Å²) in [5.41, 5.74) is 1.87. The van der Waals surface area contributed by atoms with Crippen molar-refractivity contribution in [3.05, 3.63) is 58.8 Å². The third-order valence-electron chi connectivity index (χ3n) is 3.29. The number of fused-ring (bicyclic) bond motifs is 1. The Morgan fingerprint density at radius 1 is 0.955 bits per heavy atom. The van der Waals surface area contributed by atoms with Crippen LogP contribution in [0.25, 0.3) is 10.9 Å². The van der Waals surface area contributed by atoms with Gasteiger partial charge < -0.3 is 4.90 Å². The number of hydrogen-bond donors (Lipinski definition) is 0. The predicted molar refractivity (Wildman–Crippen MR) is 95.9 cm³/mol. The number of hydrogen-bond acceptors (Lipinski definition) is 3. The summed E-state index contributed by atoms with van der Waals surface area (Å²) in [4.78, 5) is 10.8. The van der Waals surface area contributed by atoms with E-state index in [0.29, 0.717) is 10.0 Å². The van der Waals surface area contributed by atoms with Gasteiger partial charge in [0.25, 0.3) is 0 Å². The molecule has 1 heterocycles. The Bertz CT molecular complexity index is 775. The van der Waals surface area contributed by atoms with Gasteiger partial charge in [-0.2, -0.15) is 0 Å². The zero-order valence-corrected chi connectivity index (χ0v) is 14.2. The molecule has 3 aromatic rings. The Balaban J connectivity index is 0.00000176. The fourth-order valence-electron chi connectivity index (χ4n) is 2.31. The fourth-order valence-corrected chi connectivity index (χ4v) is 2.60. The summed E-state index contributed by atoms with van der Waals surface area (Å²) in [5.74, 6) is 0.862. The molecular weight excluding hydrogens is 341 g/mol. The number of rotatable bonds is 3. The standard InChI is InChI=1S/C16H13Cl2N3.ClH/c1-2-21(13-6-3-11(17)4-7-13)16-14-8-5-12(18)9-15(14)19-10-20-16;/h3-10H,2H2,1H3;1H. The van der Waals surface area contributed by atoms with E-state index in [-0.39, 0.29) is 12.4 Å². The second-order valence-electron chi connectivity index (χ2n) is 4.58. The first kappa shape index (κ1) is 16.8. The van der Waals surface area contributed by atoms with Gasteiger partial charge in [-0.25, -0.2) is 9.97 Å². The summed E-state index contributed by atoms with van der Waals surface area (Å²) in [6.07, 6.45) is 1.56. The quantitative estimate of drug-likeness (QED) is 0.620. The number of halogens is 3. The van der Waals surface area contributed by atoms with E-state index in [1.807, 2.05) is 42.5 Å². The van der Waals surface area contributed by atoms with Gasteiger partial charge in [-0.15, -0.1) is 12.4 Å². The summed E-state index contributed by atoms with van der Waals surface area (Å²) in [6, 6.07) is 13.4. The number of benzene rings is 2. The maximum absolute atomic E-state index is 6.03. The molecule has 3 nitrogen and oxygen atoms in total. The molecule has 0 amide bonds. The topological polar surface area (TPSA) is 29.0 Å². The van der Waals surface area contributed by atoms with Crippen LogP contribution in [0.4, 0.5) is 11.5 Å². The Kier molecular flexibility index (Phi) is 5.46. The van der Waals surface area contributed by atoms with E-state index < -0.39 is 0 Å². The van der Waals surface area contributed by atoms with Crippen LogP contribution < -0.4 is 4.90 Å². The Morgan fingerprint density at radius 2 is 1.64 bits per heavy atom. The third kappa shape index (κ3) is 3.27. The summed E-state index contributed by atoms with van der Waals surface area (Å²) in [6.45, 7) is 2.87. The molecule has 0 aliphatic heterocycles. The lowest BCUT2D eigenvalue weighted by atomic mass is 10.2. The van der Waals surface area contributed by atoms with Crippen molar-refractivity contribution in [2.75, 3.05) is 11.4 Å². The van der Waals surface area contributed by atoms with E-state index in [2.05, 4.69) is 21.8 Å². The first-order chi connectivity index (χ1) is 10.2. The maximum Gasteiger partial charge on any atom is 0.144 e. The zero-order valence-electron chi connectivity index (χ0n) is 11.8. The SMILES string of the molecule is CCN(c1ccc(Cl)cc1)c1ncnc2cc(Cl)ccc12.Cl. The van der Waals surface area contributed by atoms with Crippen LogP contribution in [-0.4, -0.2) is 16.5 Å². The van der Waals surface area contributed by atoms with Crippen LogP contribution in [0.3, 0.4) is 0 Å². The molecule has 3 rings (SSSR count). The molecule has 114 valence electrons. The fraction of sp³-hybridized carbons (Fsp3) is 0.125. The van der Waals surface area contributed by atoms with Gasteiger partial charge in [-0.1, -0.05) is 23.2 Å². The second-order valence-corrected chi connectivity index (χ2v) is 5.45. The summed E-state index contributed by atoms with van der Waals surface area (Å²) in [5, 5.41) is 2.36. The molecule has 0 N–H and O–H groups in total. The van der Waals surface area contributed by atoms with Gasteiger partial charge in [0.05, 0.1) is 5.52 Å². The van der Waals surface area contributed by atoms with Crippen molar-refractivity contribution in [2.45, 2.75) is 6.92 Å². The number of anilines is 2. The average Bonchev–Trinajstić information content (AvgIpc) is 2.49. The smallest absolute Gasteiger partial charge is 0.144 e. The van der Waals surface area contributed by atoms with Crippen molar-refractivity contribution in [2.24, 2.45) is 0 Å². The van der Waals surface area contributed by atoms with Crippen LogP contribution >= 0.6 is 35.6 Å². The molecule has 0 saturated carbocycles. The van der Waals surface area contributed by atoms with Crippen LogP contribution in [0, 0.1) is 0 Å². The highest BCUT2D eigenvalue weighted by Gasteiger charge is 2.13. The van der Waals surface area contributed by atoms with Crippen LogP contribution in [-0.2, 0) is 0 Å². The van der Waals surface area contributed by atoms with Gasteiger partial charge in [0, 0.05) is 27.7 Å². The minimum absolute atomic E-state index is 0. The van der Waals surface area contributed by atoms with E-state index in [9.17, 15) is 0 Å². The Hall–Kier alpha value is -1.55. The monoisotopic (exact) mass is 353 g/mol. The molecule has 2 aromatic carbocycles. The molecular formula is C16H14Cl3N3. The third-order valence-corrected chi connectivity index (χ3v) is 3.77. The minimum atomic E-state index is 0. The van der Waals surface area contributed by atoms with E-state index in [4.69, 9.17) is 23.2 Å². The lowest BCUT2D eigenvalue weighted by Crippen LogP contribution is -2.17. The van der Waals surface area contributed by atoms with Crippen molar-refractivity contribution >= 4 is 58.0 Å². The van der Waals surface area contributed by atoms with Crippen molar-refractivity contribution in [3.63, 3.8) is 0 Å². The van der Waals surface area contributed by atoms with Gasteiger partial charge in [0.1, 0.15) is 12.1 Å². The van der Waals surface area contributed by atoms with E-state index in [1.54, 1.807) is 6.33 Å². The van der Waals surface area contributed by atoms with Crippen molar-refractivity contribution in [3.8, 4) is 0 Å². The van der Waals surface area contributed by atoms with Crippen LogP contribution in [0.5, 0.6) is 0 Å². The minimum Gasteiger partial charge on any atom is -0.326 e. The zero-order chi connectivity index (χ0) is 14.8. The largest absolute Gasteiger partial charge is 0.326 e. The van der Waals surface area contributed by atoms with Crippen LogP contribution in [0.1, 0.15) is 6.92 Å². The molecule has 0 aliphatic carbocycles. The summed E-state index contributed by atoms with van der Waals surface area (Å²) in [7, 11) is 0. The molecule has 0 spiro atoms. The molecule has 0 bridgehead atoms. The van der Waals surface area contributed by atoms with Gasteiger partial charge in [-0.05, 0) is 49.4 Å². The van der Waals surface area contributed by atoms with E-state index in [0.717, 1.165) is 29.0 Å². The average molecular weight is 355 g/mol. The molecule has 0 atom stereocenters. The molecule has 0 aliphatic rings. The van der Waals surface area contributed by atoms with E-state index >= 15 is 0 Å². The van der Waals surface area contributed by atoms with Crippen molar-refractivity contribution in [1.82, 2.24) is 9.97 Å². The van der Waals surface area contributed by atoms with Crippen LogP contribution in [0.2, 0.25) is 10.0 Å². The van der Waals surface area contributed by atoms with Gasteiger partial charge >= 0.3 is 0 Å². The highest BCUT2D eigenvalue weighted by Crippen LogP contribution is 2.30. The normalized spacial score (nSPS) is 10.3. The number of aromatic nitrogens is 2. The first-order valence-corrected chi connectivity index (χ1v) is 7.38. The molecule has 6 heteroatoms. The van der Waals surface area contributed by atoms with Crippen molar-refractivity contribution in [1.29, 1.82) is 0 Å². The predicted octanol–water partition coefficient (Wildman–Crippen LogP) is 5.52. The summed E-state index contributed by atoms with van der Waals surface area (Å²) < 4.78 is 0. The molecule has 0 unspecified atom stereocenters. The molecule has 0 saturated heterocycles. The molecule has 1 aromatic heterocycles. The highest BCUT2D eigenvalue weighted by atomic mass is 35.5. The molecule has 0 radical (unpaired) electrons. The summed E-state index contributed by atoms with van der Waals surface area (Å²) >= 11 is 12.0. The molecule has 0 fully saturated rings. The lowest BCUT2D eigenvalue weighted by Gasteiger charge is -2.23. The number of nitrogens with zero attached hydrogens (tertiary/aromatic N) is 3.